The fraction of sp³-hybridized carbons (Fsp3) is 0.0714. The van der Waals surface area contributed by atoms with Crippen molar-refractivity contribution >= 4 is 28.0 Å². The van der Waals surface area contributed by atoms with E-state index in [1.165, 1.54) is 12.1 Å². The lowest BCUT2D eigenvalue weighted by Crippen LogP contribution is -2.04. The van der Waals surface area contributed by atoms with Crippen LogP contribution >= 0.6 is 0 Å². The van der Waals surface area contributed by atoms with Crippen LogP contribution in [0.4, 0.5) is 30.2 Å². The molecular weight excluding hydrogens is 281 g/mol. The summed E-state index contributed by atoms with van der Waals surface area (Å²) in [6.07, 6.45) is -2.69. The molecule has 7 heteroatoms. The number of anilines is 3. The molecule has 0 saturated heterocycles. The van der Waals surface area contributed by atoms with E-state index < -0.39 is 11.7 Å². The van der Waals surface area contributed by atoms with Crippen molar-refractivity contribution in [2.75, 3.05) is 11.1 Å². The number of nitrogen functional groups attached to an aromatic ring is 1. The van der Waals surface area contributed by atoms with Gasteiger partial charge in [0.25, 0.3) is 0 Å². The molecule has 2 aromatic carbocycles. The van der Waals surface area contributed by atoms with Crippen LogP contribution in [0.5, 0.6) is 0 Å². The second-order valence-corrected chi connectivity index (χ2v) is 4.60. The zero-order valence-electron chi connectivity index (χ0n) is 10.7. The molecule has 3 aromatic rings. The van der Waals surface area contributed by atoms with E-state index in [0.717, 1.165) is 23.0 Å². The number of H-pyrrole nitrogens is 1. The SMILES string of the molecule is Nc1cc2cn[nH]c2cc1Nc1ccc(C(F)(F)F)cc1. The number of fused-ring (bicyclic) bond motifs is 1. The van der Waals surface area contributed by atoms with Crippen LogP contribution in [0.3, 0.4) is 0 Å². The highest BCUT2D eigenvalue weighted by atomic mass is 19.4. The zero-order valence-corrected chi connectivity index (χ0v) is 10.7. The first kappa shape index (κ1) is 13.3. The third-order valence-corrected chi connectivity index (χ3v) is 3.10. The molecule has 0 aliphatic rings. The molecule has 0 spiro atoms. The van der Waals surface area contributed by atoms with Crippen LogP contribution in [0.15, 0.2) is 42.6 Å². The van der Waals surface area contributed by atoms with E-state index in [1.54, 1.807) is 18.3 Å². The molecule has 0 radical (unpaired) electrons. The van der Waals surface area contributed by atoms with Gasteiger partial charge < -0.3 is 11.1 Å². The number of alkyl halides is 3. The number of benzene rings is 2. The van der Waals surface area contributed by atoms with Crippen molar-refractivity contribution in [2.45, 2.75) is 6.18 Å². The Morgan fingerprint density at radius 1 is 1.10 bits per heavy atom. The summed E-state index contributed by atoms with van der Waals surface area (Å²) in [5.74, 6) is 0. The van der Waals surface area contributed by atoms with Gasteiger partial charge in [-0.3, -0.25) is 5.10 Å². The van der Waals surface area contributed by atoms with Crippen LogP contribution in [-0.4, -0.2) is 10.2 Å². The Labute approximate surface area is 117 Å². The van der Waals surface area contributed by atoms with Crippen molar-refractivity contribution in [1.82, 2.24) is 10.2 Å². The van der Waals surface area contributed by atoms with Gasteiger partial charge >= 0.3 is 6.18 Å². The first-order valence-corrected chi connectivity index (χ1v) is 6.10. The minimum absolute atomic E-state index is 0.490. The normalized spacial score (nSPS) is 11.8. The fourth-order valence-corrected chi connectivity index (χ4v) is 2.02. The van der Waals surface area contributed by atoms with Gasteiger partial charge in [0.15, 0.2) is 0 Å². The Morgan fingerprint density at radius 2 is 1.81 bits per heavy atom. The van der Waals surface area contributed by atoms with Crippen LogP contribution in [0.1, 0.15) is 5.56 Å². The molecule has 0 fully saturated rings. The molecule has 0 amide bonds. The van der Waals surface area contributed by atoms with E-state index in [-0.39, 0.29) is 0 Å². The number of aromatic nitrogens is 2. The number of hydrogen-bond donors (Lipinski definition) is 3. The molecule has 0 bridgehead atoms. The summed E-state index contributed by atoms with van der Waals surface area (Å²) < 4.78 is 37.5. The number of halogens is 3. The van der Waals surface area contributed by atoms with E-state index in [4.69, 9.17) is 5.73 Å². The molecule has 0 unspecified atom stereocenters. The molecule has 4 nitrogen and oxygen atoms in total. The molecule has 1 aromatic heterocycles. The highest BCUT2D eigenvalue weighted by Crippen LogP contribution is 2.31. The van der Waals surface area contributed by atoms with Crippen molar-refractivity contribution in [3.05, 3.63) is 48.2 Å². The maximum Gasteiger partial charge on any atom is 0.416 e. The maximum absolute atomic E-state index is 12.5. The van der Waals surface area contributed by atoms with Gasteiger partial charge in [0.05, 0.1) is 28.7 Å². The number of nitrogens with two attached hydrogens (primary N) is 1. The smallest absolute Gasteiger partial charge is 0.397 e. The van der Waals surface area contributed by atoms with E-state index in [9.17, 15) is 13.2 Å². The molecule has 0 saturated carbocycles. The molecule has 108 valence electrons. The zero-order chi connectivity index (χ0) is 15.0. The van der Waals surface area contributed by atoms with Gasteiger partial charge in [0.1, 0.15) is 0 Å². The first-order valence-electron chi connectivity index (χ1n) is 6.10. The van der Waals surface area contributed by atoms with Crippen molar-refractivity contribution < 1.29 is 13.2 Å². The minimum Gasteiger partial charge on any atom is -0.397 e. The maximum atomic E-state index is 12.5. The van der Waals surface area contributed by atoms with Crippen LogP contribution in [-0.2, 0) is 6.18 Å². The van der Waals surface area contributed by atoms with Crippen LogP contribution in [0, 0.1) is 0 Å². The van der Waals surface area contributed by atoms with Gasteiger partial charge in [-0.25, -0.2) is 0 Å². The van der Waals surface area contributed by atoms with E-state index >= 15 is 0 Å². The van der Waals surface area contributed by atoms with Gasteiger partial charge in [-0.05, 0) is 36.4 Å². The van der Waals surface area contributed by atoms with Crippen LogP contribution < -0.4 is 11.1 Å². The third kappa shape index (κ3) is 2.62. The van der Waals surface area contributed by atoms with Crippen LogP contribution in [0.25, 0.3) is 10.9 Å². The Hall–Kier alpha value is -2.70. The van der Waals surface area contributed by atoms with E-state index in [0.29, 0.717) is 17.1 Å². The number of nitrogens with one attached hydrogen (secondary N) is 2. The predicted molar refractivity (Wildman–Crippen MR) is 75.2 cm³/mol. The molecule has 3 rings (SSSR count). The summed E-state index contributed by atoms with van der Waals surface area (Å²) in [5, 5.41) is 10.6. The monoisotopic (exact) mass is 292 g/mol. The van der Waals surface area contributed by atoms with E-state index in [2.05, 4.69) is 15.5 Å². The van der Waals surface area contributed by atoms with Crippen molar-refractivity contribution in [2.24, 2.45) is 0 Å². The summed E-state index contributed by atoms with van der Waals surface area (Å²) in [6.45, 7) is 0. The summed E-state index contributed by atoms with van der Waals surface area (Å²) in [4.78, 5) is 0. The highest BCUT2D eigenvalue weighted by Gasteiger charge is 2.29. The number of nitrogens with zero attached hydrogens (tertiary/aromatic N) is 1. The van der Waals surface area contributed by atoms with Crippen LogP contribution in [0.2, 0.25) is 0 Å². The topological polar surface area (TPSA) is 66.7 Å². The minimum atomic E-state index is -4.34. The average molecular weight is 292 g/mol. The molecule has 0 atom stereocenters. The third-order valence-electron chi connectivity index (χ3n) is 3.10. The molecule has 4 N–H and O–H groups in total. The lowest BCUT2D eigenvalue weighted by atomic mass is 10.1. The Kier molecular flexibility index (Phi) is 2.97. The number of hydrogen-bond acceptors (Lipinski definition) is 3. The molecule has 1 heterocycles. The van der Waals surface area contributed by atoms with Crippen molar-refractivity contribution in [3.8, 4) is 0 Å². The summed E-state index contributed by atoms with van der Waals surface area (Å²) in [5.41, 5.74) is 7.62. The summed E-state index contributed by atoms with van der Waals surface area (Å²) in [7, 11) is 0. The predicted octanol–water partition coefficient (Wildman–Crippen LogP) is 3.91. The fourth-order valence-electron chi connectivity index (χ4n) is 2.02. The number of rotatable bonds is 2. The molecular formula is C14H11F3N4. The first-order chi connectivity index (χ1) is 9.93. The summed E-state index contributed by atoms with van der Waals surface area (Å²) >= 11 is 0. The Morgan fingerprint density at radius 3 is 2.48 bits per heavy atom. The van der Waals surface area contributed by atoms with Gasteiger partial charge in [-0.2, -0.15) is 18.3 Å². The lowest BCUT2D eigenvalue weighted by molar-refractivity contribution is -0.137. The Balaban J connectivity index is 1.89. The second-order valence-electron chi connectivity index (χ2n) is 4.60. The largest absolute Gasteiger partial charge is 0.416 e. The average Bonchev–Trinajstić information content (AvgIpc) is 2.86. The standard InChI is InChI=1S/C14H11F3N4/c15-14(16,17)9-1-3-10(4-2-9)20-13-6-12-8(5-11(13)18)7-19-21-12/h1-7,20H,18H2,(H,19,21). The van der Waals surface area contributed by atoms with Gasteiger partial charge in [0, 0.05) is 11.1 Å². The Bertz CT molecular complexity index is 775. The lowest BCUT2D eigenvalue weighted by Gasteiger charge is -2.11. The second kappa shape index (κ2) is 4.69. The highest BCUT2D eigenvalue weighted by molar-refractivity contribution is 5.89. The van der Waals surface area contributed by atoms with Gasteiger partial charge in [0.2, 0.25) is 0 Å². The molecule has 0 aliphatic heterocycles. The quantitative estimate of drug-likeness (QED) is 0.627. The van der Waals surface area contributed by atoms with Crippen molar-refractivity contribution in [3.63, 3.8) is 0 Å². The van der Waals surface area contributed by atoms with Gasteiger partial charge in [-0.15, -0.1) is 0 Å². The molecule has 0 aliphatic carbocycles. The van der Waals surface area contributed by atoms with Gasteiger partial charge in [-0.1, -0.05) is 0 Å². The van der Waals surface area contributed by atoms with E-state index in [1.807, 2.05) is 0 Å². The van der Waals surface area contributed by atoms with Crippen molar-refractivity contribution in [1.29, 1.82) is 0 Å². The summed E-state index contributed by atoms with van der Waals surface area (Å²) in [6, 6.07) is 8.26. The number of aromatic amines is 1. The molecule has 21 heavy (non-hydrogen) atoms.